The number of hydrogen-bond donors (Lipinski definition) is 1. The number of ketones is 1. The maximum atomic E-state index is 12.6. The zero-order valence-corrected chi connectivity index (χ0v) is 17.5. The van der Waals surface area contributed by atoms with E-state index in [0.29, 0.717) is 23.5 Å². The van der Waals surface area contributed by atoms with E-state index in [1.54, 1.807) is 24.3 Å². The van der Waals surface area contributed by atoms with Crippen molar-refractivity contribution in [3.8, 4) is 5.75 Å². The van der Waals surface area contributed by atoms with Gasteiger partial charge in [0.05, 0.1) is 6.61 Å². The predicted molar refractivity (Wildman–Crippen MR) is 110 cm³/mol. The topological polar surface area (TPSA) is 81.7 Å². The Hall–Kier alpha value is -3.15. The second-order valence-corrected chi connectivity index (χ2v) is 6.89. The Morgan fingerprint density at radius 3 is 2.21 bits per heavy atom. The van der Waals surface area contributed by atoms with Gasteiger partial charge >= 0.3 is 5.97 Å². The molecule has 0 aliphatic rings. The zero-order valence-electron chi connectivity index (χ0n) is 17.5. The summed E-state index contributed by atoms with van der Waals surface area (Å²) in [7, 11) is 0. The number of carbonyl (C=O) groups excluding carboxylic acids is 3. The maximum absolute atomic E-state index is 12.6. The van der Waals surface area contributed by atoms with Crippen LogP contribution in [0.1, 0.15) is 51.3 Å². The van der Waals surface area contributed by atoms with Gasteiger partial charge in [-0.3, -0.25) is 14.4 Å². The molecule has 2 aromatic rings. The number of Topliss-reactive ketones (excluding diaryl/α,β-unsaturated/α-hetero) is 1. The Bertz CT molecular complexity index is 902. The molecule has 29 heavy (non-hydrogen) atoms. The van der Waals surface area contributed by atoms with Gasteiger partial charge in [0, 0.05) is 11.1 Å². The molecule has 1 amide bonds. The molecule has 0 radical (unpaired) electrons. The molecule has 2 aromatic carbocycles. The summed E-state index contributed by atoms with van der Waals surface area (Å²) in [6.45, 7) is 9.38. The van der Waals surface area contributed by atoms with Crippen LogP contribution in [0.3, 0.4) is 0 Å². The molecule has 0 saturated heterocycles. The van der Waals surface area contributed by atoms with Gasteiger partial charge in [-0.1, -0.05) is 6.07 Å². The minimum absolute atomic E-state index is 0.267. The fraction of sp³-hybridized carbons (Fsp3) is 0.348. The summed E-state index contributed by atoms with van der Waals surface area (Å²) in [4.78, 5) is 36.8. The largest absolute Gasteiger partial charge is 0.494 e. The molecule has 6 heteroatoms. The minimum Gasteiger partial charge on any atom is -0.494 e. The lowest BCUT2D eigenvalue weighted by atomic mass is 9.96. The number of amides is 1. The first-order chi connectivity index (χ1) is 13.7. The van der Waals surface area contributed by atoms with Crippen molar-refractivity contribution in [1.29, 1.82) is 0 Å². The number of carbonyl (C=O) groups is 3. The zero-order chi connectivity index (χ0) is 21.6. The number of benzene rings is 2. The molecule has 1 N–H and O–H groups in total. The standard InChI is InChI=1S/C23H27NO5/c1-6-28-19-9-7-18(8-10-19)23(27)24-13-21(25)29-17(5)22(26)20-12-15(3)14(2)11-16(20)4/h7-12,17H,6,13H2,1-5H3,(H,24,27)/t17-/m0/s1. The van der Waals surface area contributed by atoms with E-state index in [1.807, 2.05) is 39.8 Å². The van der Waals surface area contributed by atoms with Gasteiger partial charge in [0.2, 0.25) is 5.78 Å². The van der Waals surface area contributed by atoms with Crippen molar-refractivity contribution in [1.82, 2.24) is 5.32 Å². The van der Waals surface area contributed by atoms with Gasteiger partial charge < -0.3 is 14.8 Å². The number of hydrogen-bond acceptors (Lipinski definition) is 5. The minimum atomic E-state index is -0.939. The molecule has 0 fully saturated rings. The number of aryl methyl sites for hydroxylation is 3. The summed E-state index contributed by atoms with van der Waals surface area (Å²) in [5.74, 6) is -0.685. The van der Waals surface area contributed by atoms with Crippen LogP contribution >= 0.6 is 0 Å². The van der Waals surface area contributed by atoms with E-state index in [9.17, 15) is 14.4 Å². The van der Waals surface area contributed by atoms with E-state index >= 15 is 0 Å². The quantitative estimate of drug-likeness (QED) is 0.544. The highest BCUT2D eigenvalue weighted by Gasteiger charge is 2.22. The van der Waals surface area contributed by atoms with Crippen LogP contribution in [0.5, 0.6) is 5.75 Å². The first-order valence-corrected chi connectivity index (χ1v) is 9.55. The average Bonchev–Trinajstić information content (AvgIpc) is 2.69. The van der Waals surface area contributed by atoms with Crippen LogP contribution in [0.15, 0.2) is 36.4 Å². The lowest BCUT2D eigenvalue weighted by molar-refractivity contribution is -0.145. The molecule has 154 valence electrons. The van der Waals surface area contributed by atoms with Crippen molar-refractivity contribution in [2.45, 2.75) is 40.7 Å². The average molecular weight is 397 g/mol. The normalized spacial score (nSPS) is 11.5. The molecule has 0 spiro atoms. The Morgan fingerprint density at radius 1 is 0.966 bits per heavy atom. The molecular weight excluding hydrogens is 370 g/mol. The first-order valence-electron chi connectivity index (χ1n) is 9.55. The summed E-state index contributed by atoms with van der Waals surface area (Å²) >= 11 is 0. The van der Waals surface area contributed by atoms with Crippen molar-refractivity contribution < 1.29 is 23.9 Å². The third-order valence-corrected chi connectivity index (χ3v) is 4.60. The van der Waals surface area contributed by atoms with E-state index in [-0.39, 0.29) is 12.3 Å². The molecular formula is C23H27NO5. The molecule has 0 aliphatic heterocycles. The maximum Gasteiger partial charge on any atom is 0.326 e. The summed E-state index contributed by atoms with van der Waals surface area (Å²) < 4.78 is 10.5. The van der Waals surface area contributed by atoms with Gasteiger partial charge in [0.25, 0.3) is 5.91 Å². The summed E-state index contributed by atoms with van der Waals surface area (Å²) in [5, 5.41) is 2.50. The lowest BCUT2D eigenvalue weighted by Crippen LogP contribution is -2.34. The molecule has 0 aromatic heterocycles. The van der Waals surface area contributed by atoms with Crippen molar-refractivity contribution in [3.05, 3.63) is 64.2 Å². The SMILES string of the molecule is CCOc1ccc(C(=O)NCC(=O)O[C@@H](C)C(=O)c2cc(C)c(C)cc2C)cc1. The van der Waals surface area contributed by atoms with Crippen molar-refractivity contribution in [2.24, 2.45) is 0 Å². The summed E-state index contributed by atoms with van der Waals surface area (Å²) in [5.41, 5.74) is 3.87. The van der Waals surface area contributed by atoms with E-state index in [4.69, 9.17) is 9.47 Å². The van der Waals surface area contributed by atoms with Crippen LogP contribution in [0.2, 0.25) is 0 Å². The Balaban J connectivity index is 1.90. The third kappa shape index (κ3) is 5.91. The molecule has 0 heterocycles. The second-order valence-electron chi connectivity index (χ2n) is 6.89. The second kappa shape index (κ2) is 9.87. The van der Waals surface area contributed by atoms with Gasteiger partial charge in [-0.2, -0.15) is 0 Å². The van der Waals surface area contributed by atoms with Crippen LogP contribution in [0.4, 0.5) is 0 Å². The van der Waals surface area contributed by atoms with E-state index in [1.165, 1.54) is 6.92 Å². The van der Waals surface area contributed by atoms with Gasteiger partial charge in [0.1, 0.15) is 12.3 Å². The smallest absolute Gasteiger partial charge is 0.326 e. The van der Waals surface area contributed by atoms with E-state index < -0.39 is 18.0 Å². The molecule has 0 bridgehead atoms. The highest BCUT2D eigenvalue weighted by molar-refractivity contribution is 6.02. The van der Waals surface area contributed by atoms with Crippen LogP contribution in [-0.4, -0.2) is 36.9 Å². The number of nitrogens with one attached hydrogen (secondary N) is 1. The van der Waals surface area contributed by atoms with Crippen LogP contribution in [0, 0.1) is 20.8 Å². The van der Waals surface area contributed by atoms with Gasteiger partial charge in [0.15, 0.2) is 6.10 Å². The molecule has 1 atom stereocenters. The molecule has 0 unspecified atom stereocenters. The number of ether oxygens (including phenoxy) is 2. The van der Waals surface area contributed by atoms with Gasteiger partial charge in [-0.05, 0) is 81.6 Å². The van der Waals surface area contributed by atoms with E-state index in [0.717, 1.165) is 16.7 Å². The van der Waals surface area contributed by atoms with Crippen LogP contribution in [-0.2, 0) is 9.53 Å². The first kappa shape index (κ1) is 22.1. The summed E-state index contributed by atoms with van der Waals surface area (Å²) in [6.07, 6.45) is -0.939. The summed E-state index contributed by atoms with van der Waals surface area (Å²) in [6, 6.07) is 10.3. The molecule has 6 nitrogen and oxygen atoms in total. The highest BCUT2D eigenvalue weighted by Crippen LogP contribution is 2.18. The number of esters is 1. The van der Waals surface area contributed by atoms with Gasteiger partial charge in [-0.15, -0.1) is 0 Å². The van der Waals surface area contributed by atoms with Gasteiger partial charge in [-0.25, -0.2) is 0 Å². The molecule has 2 rings (SSSR count). The highest BCUT2D eigenvalue weighted by atomic mass is 16.5. The fourth-order valence-electron chi connectivity index (χ4n) is 2.86. The van der Waals surface area contributed by atoms with Crippen molar-refractivity contribution in [3.63, 3.8) is 0 Å². The molecule has 0 saturated carbocycles. The van der Waals surface area contributed by atoms with Crippen molar-refractivity contribution in [2.75, 3.05) is 13.2 Å². The predicted octanol–water partition coefficient (Wildman–Crippen LogP) is 3.55. The fourth-order valence-corrected chi connectivity index (χ4v) is 2.86. The monoisotopic (exact) mass is 397 g/mol. The third-order valence-electron chi connectivity index (χ3n) is 4.60. The Labute approximate surface area is 171 Å². The van der Waals surface area contributed by atoms with Crippen molar-refractivity contribution >= 4 is 17.7 Å². The lowest BCUT2D eigenvalue weighted by Gasteiger charge is -2.15. The number of rotatable bonds is 8. The van der Waals surface area contributed by atoms with E-state index in [2.05, 4.69) is 5.32 Å². The van der Waals surface area contributed by atoms with Crippen LogP contribution < -0.4 is 10.1 Å². The van der Waals surface area contributed by atoms with Crippen LogP contribution in [0.25, 0.3) is 0 Å². The Kier molecular flexibility index (Phi) is 7.53. The molecule has 0 aliphatic carbocycles. The Morgan fingerprint density at radius 2 is 1.59 bits per heavy atom.